The Morgan fingerprint density at radius 3 is 2.74 bits per heavy atom. The molecule has 0 aliphatic carbocycles. The van der Waals surface area contributed by atoms with E-state index in [4.69, 9.17) is 4.74 Å². The van der Waals surface area contributed by atoms with Gasteiger partial charge in [-0.1, -0.05) is 0 Å². The van der Waals surface area contributed by atoms with Crippen LogP contribution in [0.15, 0.2) is 35.2 Å². The second kappa shape index (κ2) is 6.82. The summed E-state index contributed by atoms with van der Waals surface area (Å²) in [5.74, 6) is 0.754. The van der Waals surface area contributed by atoms with Crippen molar-refractivity contribution >= 4 is 26.7 Å². The van der Waals surface area contributed by atoms with Crippen LogP contribution < -0.4 is 5.32 Å². The highest BCUT2D eigenvalue weighted by Gasteiger charge is 2.27. The number of methoxy groups -OCH3 is 1. The second-order valence-electron chi connectivity index (χ2n) is 5.58. The first-order valence-electron chi connectivity index (χ1n) is 7.75. The molecule has 1 aromatic heterocycles. The first-order chi connectivity index (χ1) is 11.1. The third kappa shape index (κ3) is 3.46. The van der Waals surface area contributed by atoms with Crippen LogP contribution in [0, 0.1) is 0 Å². The largest absolute Gasteiger partial charge is 0.383 e. The second-order valence-corrected chi connectivity index (χ2v) is 7.52. The van der Waals surface area contributed by atoms with Gasteiger partial charge in [-0.05, 0) is 43.2 Å². The van der Waals surface area contributed by atoms with Gasteiger partial charge in [0.05, 0.1) is 17.0 Å². The number of fused-ring (bicyclic) bond motifs is 1. The van der Waals surface area contributed by atoms with E-state index in [0.717, 1.165) is 29.6 Å². The molecule has 1 aliphatic heterocycles. The minimum atomic E-state index is -3.38. The van der Waals surface area contributed by atoms with E-state index in [1.54, 1.807) is 29.6 Å². The Hall–Kier alpha value is -1.70. The van der Waals surface area contributed by atoms with Crippen molar-refractivity contribution in [3.8, 4) is 0 Å². The number of pyridine rings is 1. The van der Waals surface area contributed by atoms with Gasteiger partial charge in [0.25, 0.3) is 0 Å². The van der Waals surface area contributed by atoms with Crippen LogP contribution in [0.4, 0.5) is 5.82 Å². The lowest BCUT2D eigenvalue weighted by Gasteiger charge is -2.15. The summed E-state index contributed by atoms with van der Waals surface area (Å²) < 4.78 is 31.7. The number of anilines is 1. The predicted molar refractivity (Wildman–Crippen MR) is 90.1 cm³/mol. The molecule has 6 nitrogen and oxygen atoms in total. The molecular weight excluding hydrogens is 314 g/mol. The highest BCUT2D eigenvalue weighted by atomic mass is 32.2. The molecule has 1 saturated heterocycles. The van der Waals surface area contributed by atoms with Gasteiger partial charge in [-0.15, -0.1) is 0 Å². The average Bonchev–Trinajstić information content (AvgIpc) is 3.10. The van der Waals surface area contributed by atoms with Crippen molar-refractivity contribution in [2.45, 2.75) is 17.7 Å². The van der Waals surface area contributed by atoms with E-state index in [1.165, 1.54) is 0 Å². The smallest absolute Gasteiger partial charge is 0.243 e. The number of nitrogens with zero attached hydrogens (tertiary/aromatic N) is 2. The van der Waals surface area contributed by atoms with Crippen LogP contribution in [0.25, 0.3) is 10.9 Å². The third-order valence-corrected chi connectivity index (χ3v) is 5.87. The van der Waals surface area contributed by atoms with Gasteiger partial charge >= 0.3 is 0 Å². The molecule has 23 heavy (non-hydrogen) atoms. The maximum Gasteiger partial charge on any atom is 0.243 e. The Labute approximate surface area is 136 Å². The van der Waals surface area contributed by atoms with Crippen LogP contribution in [0.5, 0.6) is 0 Å². The monoisotopic (exact) mass is 335 g/mol. The number of aromatic nitrogens is 1. The van der Waals surface area contributed by atoms with E-state index in [-0.39, 0.29) is 0 Å². The molecule has 1 aromatic carbocycles. The quantitative estimate of drug-likeness (QED) is 0.818. The van der Waals surface area contributed by atoms with Gasteiger partial charge in [-0.2, -0.15) is 4.31 Å². The molecule has 0 atom stereocenters. The lowest BCUT2D eigenvalue weighted by Crippen LogP contribution is -2.27. The topological polar surface area (TPSA) is 71.5 Å². The molecule has 124 valence electrons. The van der Waals surface area contributed by atoms with E-state index < -0.39 is 10.0 Å². The molecule has 1 fully saturated rings. The van der Waals surface area contributed by atoms with E-state index in [9.17, 15) is 8.42 Å². The highest BCUT2D eigenvalue weighted by Crippen LogP contribution is 2.24. The van der Waals surface area contributed by atoms with Crippen molar-refractivity contribution < 1.29 is 13.2 Å². The summed E-state index contributed by atoms with van der Waals surface area (Å²) in [6, 6.07) is 8.85. The summed E-state index contributed by atoms with van der Waals surface area (Å²) in [4.78, 5) is 4.83. The van der Waals surface area contributed by atoms with Gasteiger partial charge in [-0.3, -0.25) is 0 Å². The van der Waals surface area contributed by atoms with E-state index >= 15 is 0 Å². The Balaban J connectivity index is 1.86. The molecule has 2 heterocycles. The molecule has 0 spiro atoms. The fraction of sp³-hybridized carbons (Fsp3) is 0.438. The van der Waals surface area contributed by atoms with Crippen LogP contribution in [0.3, 0.4) is 0 Å². The van der Waals surface area contributed by atoms with E-state index in [0.29, 0.717) is 31.1 Å². The molecule has 2 aromatic rings. The molecule has 7 heteroatoms. The summed E-state index contributed by atoms with van der Waals surface area (Å²) in [5.41, 5.74) is 0.771. The van der Waals surface area contributed by atoms with Gasteiger partial charge in [0.15, 0.2) is 0 Å². The molecule has 0 radical (unpaired) electrons. The van der Waals surface area contributed by atoms with Crippen molar-refractivity contribution in [2.24, 2.45) is 0 Å². The van der Waals surface area contributed by atoms with Gasteiger partial charge in [0.1, 0.15) is 5.82 Å². The fourth-order valence-electron chi connectivity index (χ4n) is 2.72. The summed E-state index contributed by atoms with van der Waals surface area (Å²) in [5, 5.41) is 3.99. The maximum atomic E-state index is 12.6. The van der Waals surface area contributed by atoms with E-state index in [1.807, 2.05) is 12.1 Å². The summed E-state index contributed by atoms with van der Waals surface area (Å²) in [6.45, 7) is 2.51. The van der Waals surface area contributed by atoms with Gasteiger partial charge in [-0.25, -0.2) is 13.4 Å². The van der Waals surface area contributed by atoms with Crippen LogP contribution in [0.1, 0.15) is 12.8 Å². The van der Waals surface area contributed by atoms with Crippen molar-refractivity contribution in [3.05, 3.63) is 30.3 Å². The zero-order valence-electron chi connectivity index (χ0n) is 13.2. The van der Waals surface area contributed by atoms with Crippen molar-refractivity contribution in [3.63, 3.8) is 0 Å². The summed E-state index contributed by atoms with van der Waals surface area (Å²) in [7, 11) is -1.73. The van der Waals surface area contributed by atoms with Crippen LogP contribution in [-0.2, 0) is 14.8 Å². The van der Waals surface area contributed by atoms with Crippen molar-refractivity contribution in [1.82, 2.24) is 9.29 Å². The number of nitrogens with one attached hydrogen (secondary N) is 1. The zero-order chi connectivity index (χ0) is 16.3. The minimum absolute atomic E-state index is 0.341. The molecule has 0 amide bonds. The zero-order valence-corrected chi connectivity index (χ0v) is 14.0. The molecule has 1 aliphatic rings. The number of sulfonamides is 1. The maximum absolute atomic E-state index is 12.6. The van der Waals surface area contributed by atoms with Crippen molar-refractivity contribution in [1.29, 1.82) is 0 Å². The Kier molecular flexibility index (Phi) is 4.79. The first-order valence-corrected chi connectivity index (χ1v) is 9.19. The standard InChI is InChI=1S/C16H21N3O3S/c1-22-11-8-17-16-7-4-13-12-14(5-6-15(13)18-16)23(20,21)19-9-2-3-10-19/h4-7,12H,2-3,8-11H2,1H3,(H,17,18). The normalized spacial score (nSPS) is 16.0. The van der Waals surface area contributed by atoms with Gasteiger partial charge in [0, 0.05) is 32.1 Å². The summed E-state index contributed by atoms with van der Waals surface area (Å²) >= 11 is 0. The molecule has 3 rings (SSSR count). The number of hydrogen-bond donors (Lipinski definition) is 1. The van der Waals surface area contributed by atoms with E-state index in [2.05, 4.69) is 10.3 Å². The molecular formula is C16H21N3O3S. The third-order valence-electron chi connectivity index (χ3n) is 3.98. The Morgan fingerprint density at radius 1 is 1.22 bits per heavy atom. The highest BCUT2D eigenvalue weighted by molar-refractivity contribution is 7.89. The van der Waals surface area contributed by atoms with Crippen LogP contribution >= 0.6 is 0 Å². The molecule has 0 saturated carbocycles. The predicted octanol–water partition coefficient (Wildman–Crippen LogP) is 2.08. The van der Waals surface area contributed by atoms with Crippen molar-refractivity contribution in [2.75, 3.05) is 38.7 Å². The lowest BCUT2D eigenvalue weighted by atomic mass is 10.2. The first kappa shape index (κ1) is 16.2. The SMILES string of the molecule is COCCNc1ccc2cc(S(=O)(=O)N3CCCC3)ccc2n1. The summed E-state index contributed by atoms with van der Waals surface area (Å²) in [6.07, 6.45) is 1.87. The average molecular weight is 335 g/mol. The van der Waals surface area contributed by atoms with Crippen LogP contribution in [-0.4, -0.2) is 51.1 Å². The van der Waals surface area contributed by atoms with Crippen LogP contribution in [0.2, 0.25) is 0 Å². The number of ether oxygens (including phenoxy) is 1. The molecule has 0 bridgehead atoms. The van der Waals surface area contributed by atoms with Gasteiger partial charge < -0.3 is 10.1 Å². The molecule has 0 unspecified atom stereocenters. The minimum Gasteiger partial charge on any atom is -0.383 e. The number of rotatable bonds is 6. The lowest BCUT2D eigenvalue weighted by molar-refractivity contribution is 0.210. The fourth-order valence-corrected chi connectivity index (χ4v) is 4.27. The molecule has 1 N–H and O–H groups in total. The Bertz CT molecular complexity index is 786. The Morgan fingerprint density at radius 2 is 2.00 bits per heavy atom. The van der Waals surface area contributed by atoms with Gasteiger partial charge in [0.2, 0.25) is 10.0 Å². The number of hydrogen-bond acceptors (Lipinski definition) is 5. The number of benzene rings is 1.